The fraction of sp³-hybridized carbons (Fsp3) is 0.500. The Kier molecular flexibility index (Phi) is 3.22. The molecule has 0 aromatic carbocycles. The molecule has 0 radical (unpaired) electrons. The molecule has 1 aromatic rings. The standard InChI is InChI=1S/C8H10FN5O4S/c9-19(17,18)3-4-1-5(15)14(2-4)7-11-6(10)12-8(16)13-7/h4H,1-3H2,(H3,10,11,12,13,16). The molecule has 2 rings (SSSR count). The number of carbonyl (C=O) groups is 1. The highest BCUT2D eigenvalue weighted by Crippen LogP contribution is 2.23. The van der Waals surface area contributed by atoms with Crippen molar-refractivity contribution in [3.05, 3.63) is 10.5 Å². The third kappa shape index (κ3) is 3.24. The van der Waals surface area contributed by atoms with Gasteiger partial charge in [0.25, 0.3) is 0 Å². The van der Waals surface area contributed by atoms with Gasteiger partial charge in [-0.15, -0.1) is 3.89 Å². The molecule has 2 heterocycles. The summed E-state index contributed by atoms with van der Waals surface area (Å²) in [6, 6.07) is 0. The molecule has 0 bridgehead atoms. The smallest absolute Gasteiger partial charge is 0.351 e. The van der Waals surface area contributed by atoms with Crippen LogP contribution in [0.15, 0.2) is 4.79 Å². The summed E-state index contributed by atoms with van der Waals surface area (Å²) in [6.45, 7) is -0.0785. The molecule has 3 N–H and O–H groups in total. The van der Waals surface area contributed by atoms with Crippen molar-refractivity contribution >= 4 is 28.0 Å². The van der Waals surface area contributed by atoms with Gasteiger partial charge in [-0.05, 0) is 0 Å². The van der Waals surface area contributed by atoms with Crippen molar-refractivity contribution in [2.24, 2.45) is 5.92 Å². The Bertz CT molecular complexity index is 672. The predicted molar refractivity (Wildman–Crippen MR) is 62.4 cm³/mol. The highest BCUT2D eigenvalue weighted by molar-refractivity contribution is 7.86. The molecule has 1 aliphatic heterocycles. The molecule has 1 aliphatic rings. The van der Waals surface area contributed by atoms with Crippen LogP contribution in [0.3, 0.4) is 0 Å². The van der Waals surface area contributed by atoms with Gasteiger partial charge < -0.3 is 5.73 Å². The van der Waals surface area contributed by atoms with Crippen LogP contribution < -0.4 is 16.3 Å². The highest BCUT2D eigenvalue weighted by Gasteiger charge is 2.35. The number of amides is 1. The van der Waals surface area contributed by atoms with Crippen LogP contribution in [0.2, 0.25) is 0 Å². The van der Waals surface area contributed by atoms with E-state index in [-0.39, 0.29) is 24.9 Å². The summed E-state index contributed by atoms with van der Waals surface area (Å²) in [6.07, 6.45) is -0.154. The Hall–Kier alpha value is -2.04. The number of nitrogens with one attached hydrogen (secondary N) is 1. The molecule has 1 unspecified atom stereocenters. The Morgan fingerprint density at radius 1 is 1.42 bits per heavy atom. The molecule has 19 heavy (non-hydrogen) atoms. The monoisotopic (exact) mass is 291 g/mol. The fourth-order valence-electron chi connectivity index (χ4n) is 1.88. The number of aromatic amines is 1. The summed E-state index contributed by atoms with van der Waals surface area (Å²) in [4.78, 5) is 33.0. The number of H-pyrrole nitrogens is 1. The van der Waals surface area contributed by atoms with Crippen LogP contribution in [0.1, 0.15) is 6.42 Å². The van der Waals surface area contributed by atoms with Gasteiger partial charge in [0.05, 0.1) is 5.75 Å². The molecular weight excluding hydrogens is 281 g/mol. The molecule has 9 nitrogen and oxygen atoms in total. The number of carbonyl (C=O) groups excluding carboxylic acids is 1. The van der Waals surface area contributed by atoms with Crippen molar-refractivity contribution < 1.29 is 17.1 Å². The molecule has 104 valence electrons. The van der Waals surface area contributed by atoms with Gasteiger partial charge in [0.15, 0.2) is 0 Å². The van der Waals surface area contributed by atoms with E-state index in [1.165, 1.54) is 0 Å². The van der Waals surface area contributed by atoms with Gasteiger partial charge in [-0.2, -0.15) is 18.4 Å². The lowest BCUT2D eigenvalue weighted by Crippen LogP contribution is -2.30. The average Bonchev–Trinajstić information content (AvgIpc) is 2.54. The van der Waals surface area contributed by atoms with Crippen LogP contribution in [0.4, 0.5) is 15.8 Å². The average molecular weight is 291 g/mol. The molecule has 1 fully saturated rings. The minimum Gasteiger partial charge on any atom is -0.369 e. The quantitative estimate of drug-likeness (QED) is 0.639. The van der Waals surface area contributed by atoms with Gasteiger partial charge in [0.1, 0.15) is 0 Å². The lowest BCUT2D eigenvalue weighted by molar-refractivity contribution is -0.117. The molecule has 1 aromatic heterocycles. The maximum atomic E-state index is 12.6. The van der Waals surface area contributed by atoms with E-state index >= 15 is 0 Å². The van der Waals surface area contributed by atoms with E-state index in [2.05, 4.69) is 15.0 Å². The summed E-state index contributed by atoms with van der Waals surface area (Å²) in [5.74, 6) is -2.38. The Balaban J connectivity index is 2.22. The summed E-state index contributed by atoms with van der Waals surface area (Å²) in [5, 5.41) is 0. The van der Waals surface area contributed by atoms with Crippen molar-refractivity contribution in [1.29, 1.82) is 0 Å². The van der Waals surface area contributed by atoms with E-state index in [0.29, 0.717) is 0 Å². The molecule has 1 atom stereocenters. The number of hydrogen-bond donors (Lipinski definition) is 2. The second-order valence-corrected chi connectivity index (χ2v) is 5.53. The van der Waals surface area contributed by atoms with Crippen molar-refractivity contribution in [3.8, 4) is 0 Å². The second-order valence-electron chi connectivity index (χ2n) is 4.12. The van der Waals surface area contributed by atoms with Gasteiger partial charge in [-0.25, -0.2) is 4.79 Å². The summed E-state index contributed by atoms with van der Waals surface area (Å²) in [7, 11) is -4.67. The van der Waals surface area contributed by atoms with Crippen LogP contribution in [-0.4, -0.2) is 41.6 Å². The Morgan fingerprint density at radius 2 is 2.11 bits per heavy atom. The number of nitrogens with two attached hydrogens (primary N) is 1. The molecule has 11 heteroatoms. The third-order valence-electron chi connectivity index (χ3n) is 2.54. The second kappa shape index (κ2) is 4.57. The number of nitrogen functional groups attached to an aromatic ring is 1. The molecule has 0 saturated carbocycles. The number of rotatable bonds is 3. The first kappa shape index (κ1) is 13.4. The molecule has 0 aliphatic carbocycles. The van der Waals surface area contributed by atoms with E-state index in [9.17, 15) is 21.9 Å². The van der Waals surface area contributed by atoms with Gasteiger partial charge >= 0.3 is 15.9 Å². The number of anilines is 2. The molecule has 1 amide bonds. The SMILES string of the molecule is Nc1nc(N2CC(CS(=O)(=O)F)CC2=O)nc(=O)[nH]1. The van der Waals surface area contributed by atoms with Gasteiger partial charge in [-0.3, -0.25) is 14.7 Å². The number of aromatic nitrogens is 3. The van der Waals surface area contributed by atoms with E-state index in [0.717, 1.165) is 4.90 Å². The highest BCUT2D eigenvalue weighted by atomic mass is 32.3. The minimum atomic E-state index is -4.67. The van der Waals surface area contributed by atoms with E-state index in [4.69, 9.17) is 5.73 Å². The normalized spacial score (nSPS) is 19.9. The summed E-state index contributed by atoms with van der Waals surface area (Å²) >= 11 is 0. The van der Waals surface area contributed by atoms with Crippen LogP contribution >= 0.6 is 0 Å². The lowest BCUT2D eigenvalue weighted by Gasteiger charge is -2.13. The summed E-state index contributed by atoms with van der Waals surface area (Å²) < 4.78 is 33.6. The number of halogens is 1. The zero-order valence-corrected chi connectivity index (χ0v) is 10.4. The van der Waals surface area contributed by atoms with Crippen LogP contribution in [0.5, 0.6) is 0 Å². The van der Waals surface area contributed by atoms with Gasteiger partial charge in [0.2, 0.25) is 17.8 Å². The Labute approximate surface area is 106 Å². The van der Waals surface area contributed by atoms with Gasteiger partial charge in [0, 0.05) is 18.9 Å². The lowest BCUT2D eigenvalue weighted by atomic mass is 10.1. The van der Waals surface area contributed by atoms with Gasteiger partial charge in [-0.1, -0.05) is 0 Å². The maximum absolute atomic E-state index is 12.6. The van der Waals surface area contributed by atoms with Crippen LogP contribution in [-0.2, 0) is 15.0 Å². The predicted octanol–water partition coefficient (Wildman–Crippen LogP) is -1.60. The fourth-order valence-corrected chi connectivity index (χ4v) is 2.66. The van der Waals surface area contributed by atoms with Crippen LogP contribution in [0, 0.1) is 5.92 Å². The first-order valence-corrected chi connectivity index (χ1v) is 6.76. The third-order valence-corrected chi connectivity index (χ3v) is 3.41. The van der Waals surface area contributed by atoms with E-state index < -0.39 is 33.5 Å². The Morgan fingerprint density at radius 3 is 2.68 bits per heavy atom. The van der Waals surface area contributed by atoms with Crippen molar-refractivity contribution in [1.82, 2.24) is 15.0 Å². The largest absolute Gasteiger partial charge is 0.369 e. The molecule has 0 spiro atoms. The zero-order chi connectivity index (χ0) is 14.2. The van der Waals surface area contributed by atoms with Crippen molar-refractivity contribution in [2.75, 3.05) is 22.9 Å². The zero-order valence-electron chi connectivity index (χ0n) is 9.54. The van der Waals surface area contributed by atoms with Crippen molar-refractivity contribution in [3.63, 3.8) is 0 Å². The topological polar surface area (TPSA) is 139 Å². The minimum absolute atomic E-state index is 0.0785. The number of nitrogens with zero attached hydrogens (tertiary/aromatic N) is 3. The first-order valence-electron chi connectivity index (χ1n) is 5.21. The molecular formula is C8H10FN5O4S. The number of hydrogen-bond acceptors (Lipinski definition) is 7. The van der Waals surface area contributed by atoms with E-state index in [1.807, 2.05) is 0 Å². The van der Waals surface area contributed by atoms with Crippen LogP contribution in [0.25, 0.3) is 0 Å². The van der Waals surface area contributed by atoms with E-state index in [1.54, 1.807) is 0 Å². The molecule has 1 saturated heterocycles. The summed E-state index contributed by atoms with van der Waals surface area (Å²) in [5.41, 5.74) is 4.53. The first-order chi connectivity index (χ1) is 8.74. The maximum Gasteiger partial charge on any atom is 0.351 e. The van der Waals surface area contributed by atoms with Crippen molar-refractivity contribution in [2.45, 2.75) is 6.42 Å².